The molecule has 0 aromatic carbocycles. The molecule has 2 N–H and O–H groups in total. The SMILES string of the molecule is C=C(C(=O)OCCOP(=O)(O)O)C(C)C. The van der Waals surface area contributed by atoms with Gasteiger partial charge in [-0.1, -0.05) is 20.4 Å². The second kappa shape index (κ2) is 6.02. The standard InChI is InChI=1S/C8H15O6P/c1-6(2)7(3)8(9)13-4-5-14-15(10,11)12/h6H,3-5H2,1-2H3,(H2,10,11,12). The van der Waals surface area contributed by atoms with Crippen LogP contribution < -0.4 is 0 Å². The minimum atomic E-state index is -4.48. The number of rotatable bonds is 6. The average Bonchev–Trinajstić information content (AvgIpc) is 2.09. The van der Waals surface area contributed by atoms with Gasteiger partial charge in [0, 0.05) is 5.57 Å². The number of phosphoric ester groups is 1. The third kappa shape index (κ3) is 7.27. The Kier molecular flexibility index (Phi) is 5.75. The molecule has 0 aromatic rings. The molecule has 0 aliphatic rings. The normalized spacial score (nSPS) is 11.5. The van der Waals surface area contributed by atoms with Crippen LogP contribution in [0.15, 0.2) is 12.2 Å². The van der Waals surface area contributed by atoms with Crippen LogP contribution in [0.5, 0.6) is 0 Å². The Balaban J connectivity index is 3.74. The molecule has 0 saturated carbocycles. The number of carbonyl (C=O) groups is 1. The lowest BCUT2D eigenvalue weighted by molar-refractivity contribution is -0.140. The molecule has 0 aliphatic heterocycles. The van der Waals surface area contributed by atoms with E-state index in [4.69, 9.17) is 9.79 Å². The second-order valence-corrected chi connectivity index (χ2v) is 4.38. The van der Waals surface area contributed by atoms with Crippen LogP contribution in [0.1, 0.15) is 13.8 Å². The summed E-state index contributed by atoms with van der Waals surface area (Å²) < 4.78 is 19.0. The zero-order valence-electron chi connectivity index (χ0n) is 8.67. The van der Waals surface area contributed by atoms with Gasteiger partial charge in [-0.05, 0) is 5.92 Å². The quantitative estimate of drug-likeness (QED) is 0.308. The minimum Gasteiger partial charge on any atom is -0.460 e. The summed E-state index contributed by atoms with van der Waals surface area (Å²) in [5, 5.41) is 0. The van der Waals surface area contributed by atoms with Crippen LogP contribution in [0, 0.1) is 5.92 Å². The maximum atomic E-state index is 11.1. The number of esters is 1. The third-order valence-electron chi connectivity index (χ3n) is 1.54. The maximum absolute atomic E-state index is 11.1. The van der Waals surface area contributed by atoms with E-state index in [1.807, 2.05) is 0 Å². The fourth-order valence-electron chi connectivity index (χ4n) is 0.619. The second-order valence-electron chi connectivity index (χ2n) is 3.14. The number of hydrogen-bond donors (Lipinski definition) is 2. The molecule has 0 fully saturated rings. The lowest BCUT2D eigenvalue weighted by Gasteiger charge is -2.09. The first-order valence-electron chi connectivity index (χ1n) is 4.30. The Morgan fingerprint density at radius 2 is 1.93 bits per heavy atom. The first-order valence-corrected chi connectivity index (χ1v) is 5.83. The van der Waals surface area contributed by atoms with Gasteiger partial charge in [0.1, 0.15) is 6.61 Å². The first kappa shape index (κ1) is 14.3. The molecule has 0 atom stereocenters. The summed E-state index contributed by atoms with van der Waals surface area (Å²) in [5.74, 6) is -0.612. The van der Waals surface area contributed by atoms with E-state index >= 15 is 0 Å². The lowest BCUT2D eigenvalue weighted by Crippen LogP contribution is -2.14. The van der Waals surface area contributed by atoms with Crippen LogP contribution in [0.4, 0.5) is 0 Å². The molecule has 88 valence electrons. The fraction of sp³-hybridized carbons (Fsp3) is 0.625. The summed E-state index contributed by atoms with van der Waals surface area (Å²) in [4.78, 5) is 27.8. The Bertz CT molecular complexity index is 279. The molecule has 0 saturated heterocycles. The molecule has 0 spiro atoms. The van der Waals surface area contributed by atoms with Gasteiger partial charge in [-0.3, -0.25) is 4.52 Å². The predicted molar refractivity (Wildman–Crippen MR) is 52.9 cm³/mol. The van der Waals surface area contributed by atoms with Crippen LogP contribution >= 0.6 is 7.82 Å². The fourth-order valence-corrected chi connectivity index (χ4v) is 0.931. The molecule has 15 heavy (non-hydrogen) atoms. The summed E-state index contributed by atoms with van der Waals surface area (Å²) in [6.07, 6.45) is 0. The number of hydrogen-bond acceptors (Lipinski definition) is 4. The summed E-state index contributed by atoms with van der Waals surface area (Å²) in [6, 6.07) is 0. The van der Waals surface area contributed by atoms with Gasteiger partial charge in [0.25, 0.3) is 0 Å². The van der Waals surface area contributed by atoms with Crippen molar-refractivity contribution in [2.75, 3.05) is 13.2 Å². The van der Waals surface area contributed by atoms with Crippen molar-refractivity contribution in [3.63, 3.8) is 0 Å². The molecule has 0 bridgehead atoms. The minimum absolute atomic E-state index is 0.0276. The van der Waals surface area contributed by atoms with E-state index in [0.717, 1.165) is 0 Å². The van der Waals surface area contributed by atoms with Gasteiger partial charge in [-0.2, -0.15) is 0 Å². The van der Waals surface area contributed by atoms with Gasteiger partial charge >= 0.3 is 13.8 Å². The highest BCUT2D eigenvalue weighted by Crippen LogP contribution is 2.35. The third-order valence-corrected chi connectivity index (χ3v) is 2.05. The summed E-state index contributed by atoms with van der Waals surface area (Å²) in [6.45, 7) is 6.53. The monoisotopic (exact) mass is 238 g/mol. The van der Waals surface area contributed by atoms with Crippen LogP contribution in [0.25, 0.3) is 0 Å². The average molecular weight is 238 g/mol. The summed E-state index contributed by atoms with van der Waals surface area (Å²) >= 11 is 0. The molecule has 6 nitrogen and oxygen atoms in total. The molecule has 0 unspecified atom stereocenters. The van der Waals surface area contributed by atoms with Crippen molar-refractivity contribution in [3.8, 4) is 0 Å². The molecular formula is C8H15O6P. The molecular weight excluding hydrogens is 223 g/mol. The number of ether oxygens (including phenoxy) is 1. The molecule has 0 rings (SSSR count). The maximum Gasteiger partial charge on any atom is 0.469 e. The largest absolute Gasteiger partial charge is 0.469 e. The zero-order chi connectivity index (χ0) is 12.1. The van der Waals surface area contributed by atoms with Gasteiger partial charge in [-0.15, -0.1) is 0 Å². The highest BCUT2D eigenvalue weighted by Gasteiger charge is 2.15. The van der Waals surface area contributed by atoms with E-state index < -0.39 is 13.8 Å². The van der Waals surface area contributed by atoms with E-state index in [1.165, 1.54) is 0 Å². The highest BCUT2D eigenvalue weighted by molar-refractivity contribution is 7.46. The van der Waals surface area contributed by atoms with Gasteiger partial charge in [0.05, 0.1) is 6.61 Å². The van der Waals surface area contributed by atoms with Crippen molar-refractivity contribution < 1.29 is 28.4 Å². The molecule has 0 amide bonds. The van der Waals surface area contributed by atoms with Gasteiger partial charge in [0.2, 0.25) is 0 Å². The van der Waals surface area contributed by atoms with Crippen LogP contribution in [0.2, 0.25) is 0 Å². The number of phosphoric acid groups is 1. The van der Waals surface area contributed by atoms with Crippen molar-refractivity contribution in [3.05, 3.63) is 12.2 Å². The summed E-state index contributed by atoms with van der Waals surface area (Å²) in [5.41, 5.74) is 0.311. The highest BCUT2D eigenvalue weighted by atomic mass is 31.2. The Hall–Kier alpha value is -0.680. The van der Waals surface area contributed by atoms with E-state index in [0.29, 0.717) is 5.57 Å². The van der Waals surface area contributed by atoms with Gasteiger partial charge in [0.15, 0.2) is 0 Å². The van der Waals surface area contributed by atoms with Crippen molar-refractivity contribution in [2.45, 2.75) is 13.8 Å². The van der Waals surface area contributed by atoms with Crippen molar-refractivity contribution >= 4 is 13.8 Å². The van der Waals surface area contributed by atoms with Crippen molar-refractivity contribution in [1.82, 2.24) is 0 Å². The molecule has 0 heterocycles. The lowest BCUT2D eigenvalue weighted by atomic mass is 10.1. The molecule has 7 heteroatoms. The van der Waals surface area contributed by atoms with E-state index in [1.54, 1.807) is 13.8 Å². The van der Waals surface area contributed by atoms with E-state index in [2.05, 4.69) is 15.8 Å². The van der Waals surface area contributed by atoms with Crippen LogP contribution in [0.3, 0.4) is 0 Å². The molecule has 0 aliphatic carbocycles. The Morgan fingerprint density at radius 3 is 2.33 bits per heavy atom. The van der Waals surface area contributed by atoms with Crippen LogP contribution in [-0.2, 0) is 18.6 Å². The topological polar surface area (TPSA) is 93.1 Å². The molecule has 0 radical (unpaired) electrons. The predicted octanol–water partition coefficient (Wildman–Crippen LogP) is 0.851. The van der Waals surface area contributed by atoms with Crippen molar-refractivity contribution in [1.29, 1.82) is 0 Å². The Morgan fingerprint density at radius 1 is 1.40 bits per heavy atom. The Labute approximate surface area is 88.1 Å². The van der Waals surface area contributed by atoms with Crippen LogP contribution in [-0.4, -0.2) is 29.0 Å². The zero-order valence-corrected chi connectivity index (χ0v) is 9.57. The van der Waals surface area contributed by atoms with Gasteiger partial charge < -0.3 is 14.5 Å². The number of carbonyl (C=O) groups excluding carboxylic acids is 1. The van der Waals surface area contributed by atoms with E-state index in [9.17, 15) is 9.36 Å². The smallest absolute Gasteiger partial charge is 0.460 e. The van der Waals surface area contributed by atoms with Crippen molar-refractivity contribution in [2.24, 2.45) is 5.92 Å². The summed E-state index contributed by atoms with van der Waals surface area (Å²) in [7, 11) is -4.48. The van der Waals surface area contributed by atoms with E-state index in [-0.39, 0.29) is 19.1 Å². The first-order chi connectivity index (χ1) is 6.74. The van der Waals surface area contributed by atoms with Gasteiger partial charge in [-0.25, -0.2) is 9.36 Å². The molecule has 0 aromatic heterocycles.